The van der Waals surface area contributed by atoms with E-state index >= 15 is 0 Å². The minimum atomic E-state index is 0.0415. The van der Waals surface area contributed by atoms with Crippen molar-refractivity contribution < 1.29 is 4.74 Å². The monoisotopic (exact) mass is 283 g/mol. The molecule has 112 valence electrons. The van der Waals surface area contributed by atoms with E-state index in [1.807, 2.05) is 12.1 Å². The summed E-state index contributed by atoms with van der Waals surface area (Å²) in [7, 11) is 1.69. The lowest BCUT2D eigenvalue weighted by Crippen LogP contribution is -2.15. The zero-order valence-corrected chi connectivity index (χ0v) is 13.2. The van der Waals surface area contributed by atoms with Crippen LogP contribution in [0.15, 0.2) is 42.5 Å². The van der Waals surface area contributed by atoms with E-state index in [4.69, 9.17) is 10.5 Å². The summed E-state index contributed by atoms with van der Waals surface area (Å²) in [6.07, 6.45) is 2.92. The predicted octanol–water partition coefficient (Wildman–Crippen LogP) is 4.06. The maximum atomic E-state index is 6.47. The van der Waals surface area contributed by atoms with Crippen molar-refractivity contribution in [2.45, 2.75) is 39.2 Å². The van der Waals surface area contributed by atoms with E-state index < -0.39 is 0 Å². The van der Waals surface area contributed by atoms with Crippen molar-refractivity contribution in [2.75, 3.05) is 7.11 Å². The van der Waals surface area contributed by atoms with E-state index in [9.17, 15) is 0 Å². The molecule has 0 fully saturated rings. The van der Waals surface area contributed by atoms with Crippen LogP contribution in [0.1, 0.15) is 42.1 Å². The Balaban J connectivity index is 2.20. The van der Waals surface area contributed by atoms with Crippen LogP contribution in [0.2, 0.25) is 0 Å². The van der Waals surface area contributed by atoms with Gasteiger partial charge >= 0.3 is 0 Å². The summed E-state index contributed by atoms with van der Waals surface area (Å²) < 4.78 is 5.19. The Bertz CT molecular complexity index is 575. The van der Waals surface area contributed by atoms with Crippen molar-refractivity contribution in [1.82, 2.24) is 0 Å². The lowest BCUT2D eigenvalue weighted by Gasteiger charge is -2.17. The smallest absolute Gasteiger partial charge is 0.118 e. The van der Waals surface area contributed by atoms with Crippen LogP contribution in [0, 0.1) is 0 Å². The fourth-order valence-electron chi connectivity index (χ4n) is 2.66. The van der Waals surface area contributed by atoms with Gasteiger partial charge in [0.15, 0.2) is 0 Å². The van der Waals surface area contributed by atoms with Crippen LogP contribution in [0.5, 0.6) is 5.75 Å². The molecule has 0 saturated carbocycles. The molecule has 1 atom stereocenters. The quantitative estimate of drug-likeness (QED) is 0.867. The predicted molar refractivity (Wildman–Crippen MR) is 88.8 cm³/mol. The molecule has 0 aromatic heterocycles. The second kappa shape index (κ2) is 7.28. The van der Waals surface area contributed by atoms with E-state index in [0.717, 1.165) is 25.0 Å². The molecular weight excluding hydrogens is 258 g/mol. The Hall–Kier alpha value is -1.80. The number of ether oxygens (including phenoxy) is 1. The molecule has 21 heavy (non-hydrogen) atoms. The molecule has 0 aliphatic rings. The third-order valence-corrected chi connectivity index (χ3v) is 4.01. The van der Waals surface area contributed by atoms with Gasteiger partial charge in [0.1, 0.15) is 5.75 Å². The van der Waals surface area contributed by atoms with Gasteiger partial charge in [-0.15, -0.1) is 0 Å². The van der Waals surface area contributed by atoms with Crippen molar-refractivity contribution in [2.24, 2.45) is 5.73 Å². The third kappa shape index (κ3) is 3.85. The molecule has 0 aliphatic heterocycles. The average molecular weight is 283 g/mol. The average Bonchev–Trinajstić information content (AvgIpc) is 2.54. The van der Waals surface area contributed by atoms with Crippen LogP contribution in [0.25, 0.3) is 0 Å². The highest BCUT2D eigenvalue weighted by Crippen LogP contribution is 2.23. The van der Waals surface area contributed by atoms with E-state index in [-0.39, 0.29) is 6.04 Å². The Kier molecular flexibility index (Phi) is 5.40. The fraction of sp³-hybridized carbons (Fsp3) is 0.368. The molecule has 0 aliphatic carbocycles. The van der Waals surface area contributed by atoms with Gasteiger partial charge in [-0.3, -0.25) is 0 Å². The number of aryl methyl sites for hydroxylation is 2. The maximum Gasteiger partial charge on any atom is 0.118 e. The Morgan fingerprint density at radius 3 is 2.19 bits per heavy atom. The molecule has 0 bridgehead atoms. The highest BCUT2D eigenvalue weighted by molar-refractivity contribution is 5.36. The van der Waals surface area contributed by atoms with Crippen molar-refractivity contribution in [3.63, 3.8) is 0 Å². The normalized spacial score (nSPS) is 12.2. The van der Waals surface area contributed by atoms with Crippen molar-refractivity contribution in [3.05, 3.63) is 64.7 Å². The molecule has 1 unspecified atom stereocenters. The first-order valence-electron chi connectivity index (χ1n) is 7.68. The van der Waals surface area contributed by atoms with Crippen LogP contribution in [-0.4, -0.2) is 7.11 Å². The topological polar surface area (TPSA) is 35.2 Å². The molecule has 2 N–H and O–H groups in total. The lowest BCUT2D eigenvalue weighted by molar-refractivity contribution is 0.414. The molecule has 0 amide bonds. The summed E-state index contributed by atoms with van der Waals surface area (Å²) in [5.41, 5.74) is 11.7. The summed E-state index contributed by atoms with van der Waals surface area (Å²) in [5.74, 6) is 0.884. The van der Waals surface area contributed by atoms with Gasteiger partial charge in [-0.25, -0.2) is 0 Å². The summed E-state index contributed by atoms with van der Waals surface area (Å²) in [6, 6.07) is 14.9. The molecule has 2 nitrogen and oxygen atoms in total. The second-order valence-electron chi connectivity index (χ2n) is 5.40. The van der Waals surface area contributed by atoms with Crippen molar-refractivity contribution in [3.8, 4) is 5.75 Å². The van der Waals surface area contributed by atoms with Gasteiger partial charge < -0.3 is 10.5 Å². The molecule has 0 heterocycles. The minimum absolute atomic E-state index is 0.0415. The standard InChI is InChI=1S/C19H25NO/c1-4-14-6-9-16(5-2)18(12-14)19(20)13-15-7-10-17(21-3)11-8-15/h6-12,19H,4-5,13,20H2,1-3H3. The molecule has 2 aromatic rings. The van der Waals surface area contributed by atoms with Crippen LogP contribution >= 0.6 is 0 Å². The molecule has 0 spiro atoms. The number of hydrogen-bond donors (Lipinski definition) is 1. The van der Waals surface area contributed by atoms with Crippen LogP contribution in [-0.2, 0) is 19.3 Å². The van der Waals surface area contributed by atoms with Gasteiger partial charge in [0.25, 0.3) is 0 Å². The van der Waals surface area contributed by atoms with Crippen LogP contribution < -0.4 is 10.5 Å². The molecule has 2 rings (SSSR count). The lowest BCUT2D eigenvalue weighted by atomic mass is 9.92. The van der Waals surface area contributed by atoms with Gasteiger partial charge in [0, 0.05) is 6.04 Å². The number of hydrogen-bond acceptors (Lipinski definition) is 2. The van der Waals surface area contributed by atoms with Gasteiger partial charge in [-0.05, 0) is 53.6 Å². The van der Waals surface area contributed by atoms with E-state index in [0.29, 0.717) is 0 Å². The van der Waals surface area contributed by atoms with Crippen LogP contribution in [0.4, 0.5) is 0 Å². The summed E-state index contributed by atoms with van der Waals surface area (Å²) in [5, 5.41) is 0. The van der Waals surface area contributed by atoms with Crippen molar-refractivity contribution >= 4 is 0 Å². The molecule has 0 saturated heterocycles. The second-order valence-corrected chi connectivity index (χ2v) is 5.40. The van der Waals surface area contributed by atoms with Crippen LogP contribution in [0.3, 0.4) is 0 Å². The first-order chi connectivity index (χ1) is 10.2. The van der Waals surface area contributed by atoms with E-state index in [1.54, 1.807) is 7.11 Å². The molecular formula is C19H25NO. The highest BCUT2D eigenvalue weighted by atomic mass is 16.5. The summed E-state index contributed by atoms with van der Waals surface area (Å²) in [4.78, 5) is 0. The Labute approximate surface area is 127 Å². The Morgan fingerprint density at radius 1 is 0.952 bits per heavy atom. The SMILES string of the molecule is CCc1ccc(CC)c(C(N)Cc2ccc(OC)cc2)c1. The first kappa shape index (κ1) is 15.6. The number of rotatable bonds is 6. The third-order valence-electron chi connectivity index (χ3n) is 4.01. The van der Waals surface area contributed by atoms with Gasteiger partial charge in [0.05, 0.1) is 7.11 Å². The van der Waals surface area contributed by atoms with E-state index in [1.165, 1.54) is 22.3 Å². The number of methoxy groups -OCH3 is 1. The van der Waals surface area contributed by atoms with Gasteiger partial charge in [-0.2, -0.15) is 0 Å². The zero-order valence-electron chi connectivity index (χ0n) is 13.2. The summed E-state index contributed by atoms with van der Waals surface area (Å²) >= 11 is 0. The highest BCUT2D eigenvalue weighted by Gasteiger charge is 2.12. The van der Waals surface area contributed by atoms with Crippen molar-refractivity contribution in [1.29, 1.82) is 0 Å². The minimum Gasteiger partial charge on any atom is -0.497 e. The number of nitrogens with two attached hydrogens (primary N) is 1. The maximum absolute atomic E-state index is 6.47. The van der Waals surface area contributed by atoms with Gasteiger partial charge in [-0.1, -0.05) is 44.2 Å². The van der Waals surface area contributed by atoms with E-state index in [2.05, 4.69) is 44.2 Å². The van der Waals surface area contributed by atoms with Gasteiger partial charge in [0.2, 0.25) is 0 Å². The summed E-state index contributed by atoms with van der Waals surface area (Å²) in [6.45, 7) is 4.37. The number of benzene rings is 2. The molecule has 0 radical (unpaired) electrons. The Morgan fingerprint density at radius 2 is 1.62 bits per heavy atom. The molecule has 2 aromatic carbocycles. The molecule has 2 heteroatoms. The largest absolute Gasteiger partial charge is 0.497 e. The zero-order chi connectivity index (χ0) is 15.2. The fourth-order valence-corrected chi connectivity index (χ4v) is 2.66. The first-order valence-corrected chi connectivity index (χ1v) is 7.68.